The number of rotatable bonds is 4. The van der Waals surface area contributed by atoms with Crippen LogP contribution in [-0.2, 0) is 9.53 Å². The van der Waals surface area contributed by atoms with Crippen LogP contribution in [0.2, 0.25) is 0 Å². The maximum absolute atomic E-state index is 13.8. The van der Waals surface area contributed by atoms with Crippen molar-refractivity contribution in [3.63, 3.8) is 0 Å². The lowest BCUT2D eigenvalue weighted by Gasteiger charge is -2.45. The molecule has 7 atom stereocenters. The van der Waals surface area contributed by atoms with Crippen molar-refractivity contribution in [2.75, 3.05) is 53.0 Å². The third-order valence-corrected chi connectivity index (χ3v) is 8.90. The second-order valence-corrected chi connectivity index (χ2v) is 10.9. The van der Waals surface area contributed by atoms with E-state index in [0.29, 0.717) is 23.8 Å². The van der Waals surface area contributed by atoms with E-state index < -0.39 is 18.3 Å². The monoisotopic (exact) mass is 467 g/mol. The van der Waals surface area contributed by atoms with Crippen molar-refractivity contribution in [3.05, 3.63) is 0 Å². The third-order valence-electron chi connectivity index (χ3n) is 8.90. The Kier molecular flexibility index (Phi) is 7.51. The molecule has 9 nitrogen and oxygen atoms in total. The fourth-order valence-electron chi connectivity index (χ4n) is 7.02. The number of alkyl halides is 1. The predicted molar refractivity (Wildman–Crippen MR) is 124 cm³/mol. The van der Waals surface area contributed by atoms with Crippen molar-refractivity contribution in [3.8, 4) is 0 Å². The highest BCUT2D eigenvalue weighted by Crippen LogP contribution is 2.39. The first-order valence-corrected chi connectivity index (χ1v) is 13.0. The Morgan fingerprint density at radius 1 is 1.15 bits per heavy atom. The van der Waals surface area contributed by atoms with Crippen LogP contribution in [0.5, 0.6) is 0 Å². The van der Waals surface area contributed by atoms with E-state index in [-0.39, 0.29) is 31.2 Å². The van der Waals surface area contributed by atoms with Crippen molar-refractivity contribution < 1.29 is 13.9 Å². The van der Waals surface area contributed by atoms with Gasteiger partial charge in [-0.05, 0) is 63.5 Å². The van der Waals surface area contributed by atoms with Crippen molar-refractivity contribution >= 4 is 5.91 Å². The number of piperidine rings is 1. The fourth-order valence-corrected chi connectivity index (χ4v) is 7.02. The zero-order valence-electron chi connectivity index (χ0n) is 19.8. The molecule has 0 aromatic heterocycles. The summed E-state index contributed by atoms with van der Waals surface area (Å²) in [5, 5.41) is 11.8. The number of morpholine rings is 1. The summed E-state index contributed by atoms with van der Waals surface area (Å²) in [4.78, 5) is 15.8. The van der Waals surface area contributed by atoms with Gasteiger partial charge >= 0.3 is 0 Å². The SMILES string of the molecule is CN1CCOC[C@@H]1C1CCC(C2CCNCC2NC(=O)C2C(N)NN3CC(F)CNC23)CC1. The quantitative estimate of drug-likeness (QED) is 0.366. The first-order valence-electron chi connectivity index (χ1n) is 13.0. The van der Waals surface area contributed by atoms with Gasteiger partial charge in [0.2, 0.25) is 5.91 Å². The molecular formula is C23H42FN7O2. The Bertz CT molecular complexity index is 679. The van der Waals surface area contributed by atoms with Crippen LogP contribution in [0.1, 0.15) is 32.1 Å². The molecular weight excluding hydrogens is 425 g/mol. The van der Waals surface area contributed by atoms with Gasteiger partial charge in [0.25, 0.3) is 0 Å². The third kappa shape index (κ3) is 5.07. The van der Waals surface area contributed by atoms with E-state index in [1.807, 2.05) is 0 Å². The number of hydrogen-bond acceptors (Lipinski definition) is 8. The van der Waals surface area contributed by atoms with Crippen LogP contribution in [-0.4, -0.2) is 99.4 Å². The Hall–Kier alpha value is -0.880. The molecule has 5 aliphatic rings. The highest BCUT2D eigenvalue weighted by Gasteiger charge is 2.48. The number of hydrazine groups is 1. The summed E-state index contributed by atoms with van der Waals surface area (Å²) in [7, 11) is 2.23. The number of carbonyl (C=O) groups excluding carboxylic acids is 1. The zero-order chi connectivity index (χ0) is 22.9. The molecule has 4 aliphatic heterocycles. The second kappa shape index (κ2) is 10.4. The molecule has 4 saturated heterocycles. The maximum atomic E-state index is 13.8. The smallest absolute Gasteiger partial charge is 0.229 e. The van der Waals surface area contributed by atoms with Crippen LogP contribution in [0.4, 0.5) is 4.39 Å². The highest BCUT2D eigenvalue weighted by atomic mass is 19.1. The van der Waals surface area contributed by atoms with Gasteiger partial charge in [-0.25, -0.2) is 14.8 Å². The number of halogens is 1. The molecule has 0 aromatic rings. The maximum Gasteiger partial charge on any atom is 0.229 e. The minimum atomic E-state index is -0.954. The molecule has 1 amide bonds. The first kappa shape index (κ1) is 23.8. The predicted octanol–water partition coefficient (Wildman–Crippen LogP) is -0.794. The standard InChI is InChI=1S/C23H42FN7O2/c1-30-8-9-33-13-19(30)15-4-2-14(3-5-15)17-6-7-26-11-18(17)28-23(32)20-21(25)29-31-12-16(24)10-27-22(20)31/h14-22,26-27,29H,2-13,25H2,1H3,(H,28,32)/t14?,15?,16?,17?,18?,19-,20?,21?,22?/m1/s1. The molecule has 10 heteroatoms. The number of nitrogens with one attached hydrogen (secondary N) is 4. The van der Waals surface area contributed by atoms with Gasteiger partial charge in [0.1, 0.15) is 6.17 Å². The molecule has 1 aliphatic carbocycles. The molecule has 0 bridgehead atoms. The van der Waals surface area contributed by atoms with Crippen LogP contribution >= 0.6 is 0 Å². The van der Waals surface area contributed by atoms with Gasteiger partial charge in [-0.15, -0.1) is 0 Å². The lowest BCUT2D eigenvalue weighted by molar-refractivity contribution is -0.128. The summed E-state index contributed by atoms with van der Waals surface area (Å²) in [6.07, 6.45) is 4.33. The largest absolute Gasteiger partial charge is 0.378 e. The number of nitrogens with two attached hydrogens (primary N) is 1. The minimum Gasteiger partial charge on any atom is -0.378 e. The number of hydrogen-bond donors (Lipinski definition) is 5. The van der Waals surface area contributed by atoms with Crippen LogP contribution in [0.3, 0.4) is 0 Å². The molecule has 6 unspecified atom stereocenters. The Morgan fingerprint density at radius 3 is 2.73 bits per heavy atom. The molecule has 33 heavy (non-hydrogen) atoms. The topological polar surface area (TPSA) is 107 Å². The highest BCUT2D eigenvalue weighted by molar-refractivity contribution is 5.80. The van der Waals surface area contributed by atoms with Crippen molar-refractivity contribution in [2.24, 2.45) is 29.4 Å². The van der Waals surface area contributed by atoms with Gasteiger partial charge in [-0.1, -0.05) is 0 Å². The fraction of sp³-hybridized carbons (Fsp3) is 0.957. The van der Waals surface area contributed by atoms with E-state index in [4.69, 9.17) is 10.5 Å². The van der Waals surface area contributed by atoms with Gasteiger partial charge in [-0.3, -0.25) is 15.0 Å². The van der Waals surface area contributed by atoms with E-state index >= 15 is 0 Å². The number of nitrogens with zero attached hydrogens (tertiary/aromatic N) is 2. The normalized spacial score (nSPS) is 45.5. The van der Waals surface area contributed by atoms with Crippen LogP contribution in [0.25, 0.3) is 0 Å². The van der Waals surface area contributed by atoms with Crippen LogP contribution < -0.4 is 27.1 Å². The van der Waals surface area contributed by atoms with E-state index in [1.165, 1.54) is 25.7 Å². The average Bonchev–Trinajstić information content (AvgIpc) is 3.15. The number of amides is 1. The number of fused-ring (bicyclic) bond motifs is 1. The van der Waals surface area contributed by atoms with E-state index in [1.54, 1.807) is 5.01 Å². The second-order valence-electron chi connectivity index (χ2n) is 10.9. The zero-order valence-corrected chi connectivity index (χ0v) is 19.8. The van der Waals surface area contributed by atoms with E-state index in [9.17, 15) is 9.18 Å². The lowest BCUT2D eigenvalue weighted by atomic mass is 9.69. The van der Waals surface area contributed by atoms with Gasteiger partial charge in [0.15, 0.2) is 0 Å². The summed E-state index contributed by atoms with van der Waals surface area (Å²) in [6.45, 7) is 5.08. The first-order chi connectivity index (χ1) is 16.0. The molecule has 0 aromatic carbocycles. The van der Waals surface area contributed by atoms with Crippen LogP contribution in [0.15, 0.2) is 0 Å². The number of likely N-dealkylation sites (N-methyl/N-ethyl adjacent to an activating group) is 1. The molecule has 188 valence electrons. The van der Waals surface area contributed by atoms with Crippen molar-refractivity contribution in [1.82, 2.24) is 31.3 Å². The molecule has 0 spiro atoms. The lowest BCUT2D eigenvalue weighted by Crippen LogP contribution is -2.60. The summed E-state index contributed by atoms with van der Waals surface area (Å²) >= 11 is 0. The summed E-state index contributed by atoms with van der Waals surface area (Å²) in [5.41, 5.74) is 9.35. The Morgan fingerprint density at radius 2 is 1.94 bits per heavy atom. The van der Waals surface area contributed by atoms with Crippen molar-refractivity contribution in [1.29, 1.82) is 0 Å². The summed E-state index contributed by atoms with van der Waals surface area (Å²) in [5.74, 6) is 1.40. The minimum absolute atomic E-state index is 0.0272. The average molecular weight is 468 g/mol. The van der Waals surface area contributed by atoms with Gasteiger partial charge in [0.05, 0.1) is 31.5 Å². The molecule has 1 saturated carbocycles. The van der Waals surface area contributed by atoms with E-state index in [0.717, 1.165) is 39.3 Å². The van der Waals surface area contributed by atoms with Gasteiger partial charge < -0.3 is 21.1 Å². The Labute approximate surface area is 196 Å². The van der Waals surface area contributed by atoms with Gasteiger partial charge in [0, 0.05) is 38.3 Å². The number of ether oxygens (including phenoxy) is 1. The van der Waals surface area contributed by atoms with Gasteiger partial charge in [-0.2, -0.15) is 0 Å². The number of carbonyl (C=O) groups is 1. The Balaban J connectivity index is 1.18. The molecule has 4 heterocycles. The van der Waals surface area contributed by atoms with Crippen molar-refractivity contribution in [2.45, 2.75) is 62.7 Å². The van der Waals surface area contributed by atoms with Crippen LogP contribution in [0, 0.1) is 23.7 Å². The molecule has 0 radical (unpaired) electrons. The molecule has 5 fully saturated rings. The summed E-state index contributed by atoms with van der Waals surface area (Å²) in [6, 6.07) is 0.668. The molecule has 5 rings (SSSR count). The molecule has 6 N–H and O–H groups in total. The summed E-state index contributed by atoms with van der Waals surface area (Å²) < 4.78 is 19.5. The van der Waals surface area contributed by atoms with E-state index in [2.05, 4.69) is 33.3 Å².